The van der Waals surface area contributed by atoms with E-state index in [4.69, 9.17) is 16.3 Å². The van der Waals surface area contributed by atoms with Gasteiger partial charge in [0.15, 0.2) is 11.0 Å². The molecular formula is C11H9BrClN3O2S. The second-order valence-corrected chi connectivity index (χ2v) is 5.88. The summed E-state index contributed by atoms with van der Waals surface area (Å²) in [4.78, 5) is 8.32. The Labute approximate surface area is 126 Å². The quantitative estimate of drug-likeness (QED) is 0.849. The number of ether oxygens (including phenoxy) is 1. The SMILES string of the molecule is COc1ncc(Br)cc1S(=O)Nc1ccnc(Cl)c1. The molecule has 2 aromatic heterocycles. The highest BCUT2D eigenvalue weighted by atomic mass is 79.9. The van der Waals surface area contributed by atoms with E-state index in [1.165, 1.54) is 13.3 Å². The first kappa shape index (κ1) is 14.2. The standard InChI is InChI=1S/C11H9BrClN3O2S/c1-18-11-9(4-7(12)6-15-11)19(17)16-8-2-3-14-10(13)5-8/h2-6H,1H3,(H,14,16). The molecule has 8 heteroatoms. The van der Waals surface area contributed by atoms with Crippen molar-refractivity contribution in [3.8, 4) is 5.88 Å². The van der Waals surface area contributed by atoms with Crippen LogP contribution in [0.15, 0.2) is 40.0 Å². The number of hydrogen-bond donors (Lipinski definition) is 1. The van der Waals surface area contributed by atoms with Crippen LogP contribution in [-0.4, -0.2) is 21.3 Å². The van der Waals surface area contributed by atoms with Crippen molar-refractivity contribution in [2.75, 3.05) is 11.8 Å². The van der Waals surface area contributed by atoms with Crippen molar-refractivity contribution in [1.29, 1.82) is 0 Å². The lowest BCUT2D eigenvalue weighted by Gasteiger charge is -2.09. The van der Waals surface area contributed by atoms with E-state index in [2.05, 4.69) is 30.6 Å². The third-order valence-electron chi connectivity index (χ3n) is 2.12. The van der Waals surface area contributed by atoms with Crippen LogP contribution in [0.2, 0.25) is 5.15 Å². The molecule has 2 rings (SSSR count). The summed E-state index contributed by atoms with van der Waals surface area (Å²) in [5, 5.41) is 0.321. The summed E-state index contributed by atoms with van der Waals surface area (Å²) < 4.78 is 20.9. The molecule has 0 aliphatic heterocycles. The van der Waals surface area contributed by atoms with Crippen LogP contribution >= 0.6 is 27.5 Å². The van der Waals surface area contributed by atoms with E-state index in [1.54, 1.807) is 24.4 Å². The van der Waals surface area contributed by atoms with Gasteiger partial charge in [-0.25, -0.2) is 14.2 Å². The average molecular weight is 363 g/mol. The minimum atomic E-state index is -1.52. The van der Waals surface area contributed by atoms with Crippen molar-refractivity contribution < 1.29 is 8.95 Å². The average Bonchev–Trinajstić information content (AvgIpc) is 2.38. The molecule has 1 N–H and O–H groups in total. The van der Waals surface area contributed by atoms with Gasteiger partial charge in [0, 0.05) is 16.9 Å². The maximum atomic E-state index is 12.3. The Kier molecular flexibility index (Phi) is 4.73. The van der Waals surface area contributed by atoms with Gasteiger partial charge in [0.05, 0.1) is 12.8 Å². The Balaban J connectivity index is 2.27. The third kappa shape index (κ3) is 3.65. The first-order valence-corrected chi connectivity index (χ1v) is 7.42. The molecule has 2 aromatic rings. The molecule has 0 amide bonds. The van der Waals surface area contributed by atoms with Crippen molar-refractivity contribution in [2.45, 2.75) is 4.90 Å². The third-order valence-corrected chi connectivity index (χ3v) is 3.87. The molecule has 5 nitrogen and oxygen atoms in total. The van der Waals surface area contributed by atoms with Gasteiger partial charge >= 0.3 is 0 Å². The Hall–Kier alpha value is -1.18. The van der Waals surface area contributed by atoms with Crippen LogP contribution in [0.3, 0.4) is 0 Å². The van der Waals surface area contributed by atoms with Crippen LogP contribution in [0.5, 0.6) is 5.88 Å². The summed E-state index contributed by atoms with van der Waals surface area (Å²) >= 11 is 9.04. The summed E-state index contributed by atoms with van der Waals surface area (Å²) in [5.41, 5.74) is 0.598. The van der Waals surface area contributed by atoms with E-state index >= 15 is 0 Å². The summed E-state index contributed by atoms with van der Waals surface area (Å²) in [6.45, 7) is 0. The molecule has 0 aliphatic carbocycles. The van der Waals surface area contributed by atoms with Gasteiger partial charge in [-0.3, -0.25) is 0 Å². The van der Waals surface area contributed by atoms with Gasteiger partial charge < -0.3 is 9.46 Å². The fourth-order valence-electron chi connectivity index (χ4n) is 1.32. The fourth-order valence-corrected chi connectivity index (χ4v) is 2.96. The van der Waals surface area contributed by atoms with Crippen LogP contribution in [-0.2, 0) is 11.0 Å². The lowest BCUT2D eigenvalue weighted by Crippen LogP contribution is -2.07. The van der Waals surface area contributed by atoms with Crippen LogP contribution in [0.25, 0.3) is 0 Å². The molecule has 0 saturated heterocycles. The fraction of sp³-hybridized carbons (Fsp3) is 0.0909. The Morgan fingerprint density at radius 3 is 2.89 bits per heavy atom. The first-order chi connectivity index (χ1) is 9.10. The normalized spacial score (nSPS) is 11.9. The molecule has 2 heterocycles. The highest BCUT2D eigenvalue weighted by molar-refractivity contribution is 9.10. The van der Waals surface area contributed by atoms with E-state index in [1.807, 2.05) is 0 Å². The van der Waals surface area contributed by atoms with E-state index in [0.29, 0.717) is 26.1 Å². The molecule has 0 spiro atoms. The largest absolute Gasteiger partial charge is 0.480 e. The minimum Gasteiger partial charge on any atom is -0.480 e. The zero-order valence-electron chi connectivity index (χ0n) is 9.76. The zero-order chi connectivity index (χ0) is 13.8. The summed E-state index contributed by atoms with van der Waals surface area (Å²) in [7, 11) is -0.0458. The smallest absolute Gasteiger partial charge is 0.231 e. The number of anilines is 1. The van der Waals surface area contributed by atoms with Crippen molar-refractivity contribution in [1.82, 2.24) is 9.97 Å². The lowest BCUT2D eigenvalue weighted by molar-refractivity contribution is 0.386. The monoisotopic (exact) mass is 361 g/mol. The predicted octanol–water partition coefficient (Wildman–Crippen LogP) is 3.04. The molecule has 1 unspecified atom stereocenters. The molecule has 100 valence electrons. The topological polar surface area (TPSA) is 64.1 Å². The van der Waals surface area contributed by atoms with Crippen LogP contribution in [0.1, 0.15) is 0 Å². The Morgan fingerprint density at radius 1 is 1.42 bits per heavy atom. The number of pyridine rings is 2. The maximum Gasteiger partial charge on any atom is 0.231 e. The second kappa shape index (κ2) is 6.31. The van der Waals surface area contributed by atoms with Gasteiger partial charge in [0.25, 0.3) is 0 Å². The number of nitrogens with one attached hydrogen (secondary N) is 1. The van der Waals surface area contributed by atoms with Crippen LogP contribution in [0, 0.1) is 0 Å². The maximum absolute atomic E-state index is 12.3. The summed E-state index contributed by atoms with van der Waals surface area (Å²) in [5.74, 6) is 0.300. The lowest BCUT2D eigenvalue weighted by atomic mass is 10.4. The summed E-state index contributed by atoms with van der Waals surface area (Å²) in [6, 6.07) is 4.93. The van der Waals surface area contributed by atoms with E-state index in [9.17, 15) is 4.21 Å². The molecule has 1 atom stereocenters. The number of aromatic nitrogens is 2. The van der Waals surface area contributed by atoms with Gasteiger partial charge in [-0.1, -0.05) is 11.6 Å². The summed E-state index contributed by atoms with van der Waals surface area (Å²) in [6.07, 6.45) is 3.10. The molecule has 0 aromatic carbocycles. The second-order valence-electron chi connectivity index (χ2n) is 3.40. The molecule has 0 radical (unpaired) electrons. The first-order valence-electron chi connectivity index (χ1n) is 5.09. The Morgan fingerprint density at radius 2 is 2.21 bits per heavy atom. The molecular weight excluding hydrogens is 354 g/mol. The van der Waals surface area contributed by atoms with Gasteiger partial charge in [-0.2, -0.15) is 0 Å². The molecule has 0 saturated carbocycles. The highest BCUT2D eigenvalue weighted by Gasteiger charge is 2.13. The number of hydrogen-bond acceptors (Lipinski definition) is 4. The van der Waals surface area contributed by atoms with Crippen molar-refractivity contribution >= 4 is 44.2 Å². The zero-order valence-corrected chi connectivity index (χ0v) is 12.9. The van der Waals surface area contributed by atoms with E-state index in [0.717, 1.165) is 0 Å². The van der Waals surface area contributed by atoms with Gasteiger partial charge in [0.2, 0.25) is 5.88 Å². The van der Waals surface area contributed by atoms with Crippen LogP contribution < -0.4 is 9.46 Å². The number of nitrogens with zero attached hydrogens (tertiary/aromatic N) is 2. The Bertz CT molecular complexity index is 627. The van der Waals surface area contributed by atoms with Crippen LogP contribution in [0.4, 0.5) is 5.69 Å². The number of methoxy groups -OCH3 is 1. The van der Waals surface area contributed by atoms with Crippen molar-refractivity contribution in [2.24, 2.45) is 0 Å². The van der Waals surface area contributed by atoms with Crippen molar-refractivity contribution in [3.63, 3.8) is 0 Å². The van der Waals surface area contributed by atoms with Gasteiger partial charge in [-0.05, 0) is 34.1 Å². The minimum absolute atomic E-state index is 0.300. The van der Waals surface area contributed by atoms with E-state index in [-0.39, 0.29) is 0 Å². The van der Waals surface area contributed by atoms with Crippen molar-refractivity contribution in [3.05, 3.63) is 40.2 Å². The predicted molar refractivity (Wildman–Crippen MR) is 77.8 cm³/mol. The molecule has 0 bridgehead atoms. The molecule has 0 fully saturated rings. The number of rotatable bonds is 4. The molecule has 0 aliphatic rings. The highest BCUT2D eigenvalue weighted by Crippen LogP contribution is 2.24. The number of halogens is 2. The van der Waals surface area contributed by atoms with Gasteiger partial charge in [0.1, 0.15) is 10.0 Å². The van der Waals surface area contributed by atoms with Gasteiger partial charge in [-0.15, -0.1) is 0 Å². The van der Waals surface area contributed by atoms with E-state index < -0.39 is 11.0 Å². The molecule has 19 heavy (non-hydrogen) atoms.